The fourth-order valence-electron chi connectivity index (χ4n) is 2.00. The number of benzene rings is 2. The van der Waals surface area contributed by atoms with Gasteiger partial charge in [0.25, 0.3) is 0 Å². The van der Waals surface area contributed by atoms with Crippen LogP contribution in [0.25, 0.3) is 11.1 Å². The Labute approximate surface area is 114 Å². The third-order valence-corrected chi connectivity index (χ3v) is 2.96. The van der Waals surface area contributed by atoms with Gasteiger partial charge >= 0.3 is 6.18 Å². The Kier molecular flexibility index (Phi) is 4.09. The minimum Gasteiger partial charge on any atom is -0.316 e. The number of halogens is 4. The first-order chi connectivity index (χ1) is 9.41. The molecule has 0 unspecified atom stereocenters. The molecule has 0 aliphatic heterocycles. The number of hydrogen-bond donors (Lipinski definition) is 1. The Balaban J connectivity index is 2.43. The highest BCUT2D eigenvalue weighted by atomic mass is 19.4. The fourth-order valence-corrected chi connectivity index (χ4v) is 2.00. The van der Waals surface area contributed by atoms with E-state index in [1.807, 2.05) is 0 Å². The van der Waals surface area contributed by atoms with Crippen molar-refractivity contribution in [3.8, 4) is 11.1 Å². The summed E-state index contributed by atoms with van der Waals surface area (Å²) in [6.45, 7) is 0.511. The van der Waals surface area contributed by atoms with Crippen molar-refractivity contribution in [3.05, 3.63) is 59.4 Å². The van der Waals surface area contributed by atoms with Gasteiger partial charge in [0, 0.05) is 6.54 Å². The second-order valence-electron chi connectivity index (χ2n) is 4.41. The monoisotopic (exact) mass is 283 g/mol. The van der Waals surface area contributed by atoms with Crippen LogP contribution >= 0.6 is 0 Å². The van der Waals surface area contributed by atoms with Gasteiger partial charge in [-0.25, -0.2) is 4.39 Å². The zero-order valence-corrected chi connectivity index (χ0v) is 10.8. The van der Waals surface area contributed by atoms with E-state index in [0.29, 0.717) is 17.7 Å². The van der Waals surface area contributed by atoms with Gasteiger partial charge in [0.05, 0.1) is 5.56 Å². The van der Waals surface area contributed by atoms with E-state index in [1.165, 1.54) is 24.3 Å². The Morgan fingerprint density at radius 1 is 1.00 bits per heavy atom. The first-order valence-electron chi connectivity index (χ1n) is 6.02. The molecular formula is C15H13F4N. The molecule has 0 aliphatic rings. The summed E-state index contributed by atoms with van der Waals surface area (Å²) in [6.07, 6.45) is -4.37. The first kappa shape index (κ1) is 14.5. The highest BCUT2D eigenvalue weighted by molar-refractivity contribution is 5.67. The van der Waals surface area contributed by atoms with Gasteiger partial charge in [0.1, 0.15) is 5.82 Å². The fraction of sp³-hybridized carbons (Fsp3) is 0.200. The summed E-state index contributed by atoms with van der Waals surface area (Å²) < 4.78 is 50.9. The maximum atomic E-state index is 13.3. The van der Waals surface area contributed by atoms with Crippen LogP contribution in [-0.2, 0) is 12.7 Å². The quantitative estimate of drug-likeness (QED) is 0.831. The van der Waals surface area contributed by atoms with E-state index >= 15 is 0 Å². The SMILES string of the molecule is CNCc1ccc(F)cc1-c1ccc(C(F)(F)F)cc1. The van der Waals surface area contributed by atoms with E-state index in [2.05, 4.69) is 5.32 Å². The molecule has 0 fully saturated rings. The van der Waals surface area contributed by atoms with Crippen LogP contribution in [-0.4, -0.2) is 7.05 Å². The summed E-state index contributed by atoms with van der Waals surface area (Å²) in [5.41, 5.74) is 1.26. The second kappa shape index (κ2) is 5.63. The van der Waals surface area contributed by atoms with Crippen LogP contribution in [0.2, 0.25) is 0 Å². The summed E-state index contributed by atoms with van der Waals surface area (Å²) in [5, 5.41) is 2.95. The third kappa shape index (κ3) is 3.17. The Morgan fingerprint density at radius 2 is 1.65 bits per heavy atom. The third-order valence-electron chi connectivity index (χ3n) is 2.96. The lowest BCUT2D eigenvalue weighted by Crippen LogP contribution is -2.07. The van der Waals surface area contributed by atoms with Gasteiger partial charge < -0.3 is 5.32 Å². The molecule has 1 N–H and O–H groups in total. The Hall–Kier alpha value is -1.88. The zero-order chi connectivity index (χ0) is 14.8. The van der Waals surface area contributed by atoms with E-state index in [1.54, 1.807) is 13.1 Å². The van der Waals surface area contributed by atoms with Gasteiger partial charge in [-0.2, -0.15) is 13.2 Å². The molecule has 0 saturated heterocycles. The summed E-state index contributed by atoms with van der Waals surface area (Å²) >= 11 is 0. The average Bonchev–Trinajstić information content (AvgIpc) is 2.40. The highest BCUT2D eigenvalue weighted by Gasteiger charge is 2.30. The molecule has 0 bridgehead atoms. The van der Waals surface area contributed by atoms with Crippen molar-refractivity contribution in [1.29, 1.82) is 0 Å². The van der Waals surface area contributed by atoms with Crippen molar-refractivity contribution < 1.29 is 17.6 Å². The number of rotatable bonds is 3. The van der Waals surface area contributed by atoms with Crippen LogP contribution in [0.4, 0.5) is 17.6 Å². The largest absolute Gasteiger partial charge is 0.416 e. The van der Waals surface area contributed by atoms with E-state index in [0.717, 1.165) is 17.7 Å². The molecule has 0 aromatic heterocycles. The van der Waals surface area contributed by atoms with E-state index in [9.17, 15) is 17.6 Å². The van der Waals surface area contributed by atoms with E-state index in [-0.39, 0.29) is 0 Å². The highest BCUT2D eigenvalue weighted by Crippen LogP contribution is 2.32. The van der Waals surface area contributed by atoms with E-state index < -0.39 is 17.6 Å². The molecule has 0 amide bonds. The Bertz CT molecular complexity index is 588. The predicted octanol–water partition coefficient (Wildman–Crippen LogP) is 4.23. The maximum absolute atomic E-state index is 13.3. The van der Waals surface area contributed by atoms with Crippen molar-refractivity contribution in [2.24, 2.45) is 0 Å². The van der Waals surface area contributed by atoms with Gasteiger partial charge in [0.15, 0.2) is 0 Å². The molecule has 106 valence electrons. The summed E-state index contributed by atoms with van der Waals surface area (Å²) in [4.78, 5) is 0. The predicted molar refractivity (Wildman–Crippen MR) is 69.6 cm³/mol. The molecule has 2 rings (SSSR count). The molecule has 0 radical (unpaired) electrons. The molecule has 0 atom stereocenters. The standard InChI is InChI=1S/C15H13F4N/c1-20-9-11-4-7-13(16)8-14(11)10-2-5-12(6-3-10)15(17,18)19/h2-8,20H,9H2,1H3. The molecule has 0 heterocycles. The molecule has 0 aliphatic carbocycles. The number of nitrogens with one attached hydrogen (secondary N) is 1. The minimum absolute atomic E-state index is 0.417. The number of hydrogen-bond acceptors (Lipinski definition) is 1. The van der Waals surface area contributed by atoms with E-state index in [4.69, 9.17) is 0 Å². The van der Waals surface area contributed by atoms with Gasteiger partial charge in [-0.1, -0.05) is 18.2 Å². The molecular weight excluding hydrogens is 270 g/mol. The van der Waals surface area contributed by atoms with Crippen LogP contribution < -0.4 is 5.32 Å². The van der Waals surface area contributed by atoms with Crippen molar-refractivity contribution in [1.82, 2.24) is 5.32 Å². The van der Waals surface area contributed by atoms with Crippen molar-refractivity contribution in [2.75, 3.05) is 7.05 Å². The minimum atomic E-state index is -4.37. The summed E-state index contributed by atoms with van der Waals surface area (Å²) in [7, 11) is 1.75. The number of alkyl halides is 3. The van der Waals surface area contributed by atoms with Gasteiger partial charge in [-0.05, 0) is 48.0 Å². The summed E-state index contributed by atoms with van der Waals surface area (Å²) in [5.74, 6) is -0.417. The van der Waals surface area contributed by atoms with Crippen molar-refractivity contribution in [3.63, 3.8) is 0 Å². The van der Waals surface area contributed by atoms with Crippen LogP contribution in [0.1, 0.15) is 11.1 Å². The second-order valence-corrected chi connectivity index (χ2v) is 4.41. The first-order valence-corrected chi connectivity index (χ1v) is 6.02. The topological polar surface area (TPSA) is 12.0 Å². The van der Waals surface area contributed by atoms with Crippen LogP contribution in [0, 0.1) is 5.82 Å². The molecule has 0 saturated carbocycles. The molecule has 1 nitrogen and oxygen atoms in total. The van der Waals surface area contributed by atoms with Gasteiger partial charge in [-0.3, -0.25) is 0 Å². The Morgan fingerprint density at radius 3 is 2.20 bits per heavy atom. The smallest absolute Gasteiger partial charge is 0.316 e. The molecule has 2 aromatic carbocycles. The van der Waals surface area contributed by atoms with Crippen molar-refractivity contribution >= 4 is 0 Å². The van der Waals surface area contributed by atoms with Crippen LogP contribution in [0.5, 0.6) is 0 Å². The van der Waals surface area contributed by atoms with Crippen LogP contribution in [0.3, 0.4) is 0 Å². The normalized spacial score (nSPS) is 11.7. The van der Waals surface area contributed by atoms with Crippen LogP contribution in [0.15, 0.2) is 42.5 Å². The lowest BCUT2D eigenvalue weighted by molar-refractivity contribution is -0.137. The lowest BCUT2D eigenvalue weighted by atomic mass is 9.98. The van der Waals surface area contributed by atoms with Gasteiger partial charge in [-0.15, -0.1) is 0 Å². The summed E-state index contributed by atoms with van der Waals surface area (Å²) in [6, 6.07) is 9.01. The molecule has 5 heteroatoms. The molecule has 2 aromatic rings. The van der Waals surface area contributed by atoms with Gasteiger partial charge in [0.2, 0.25) is 0 Å². The molecule has 20 heavy (non-hydrogen) atoms. The maximum Gasteiger partial charge on any atom is 0.416 e. The van der Waals surface area contributed by atoms with Crippen molar-refractivity contribution in [2.45, 2.75) is 12.7 Å². The zero-order valence-electron chi connectivity index (χ0n) is 10.8. The lowest BCUT2D eigenvalue weighted by Gasteiger charge is -2.11. The average molecular weight is 283 g/mol. The molecule has 0 spiro atoms.